The summed E-state index contributed by atoms with van der Waals surface area (Å²) in [5, 5.41) is 7.76. The first-order chi connectivity index (χ1) is 15.2. The number of likely N-dealkylation sites (tertiary alicyclic amines) is 1. The topological polar surface area (TPSA) is 84.4 Å². The van der Waals surface area contributed by atoms with Crippen molar-refractivity contribution in [2.45, 2.75) is 25.1 Å². The Bertz CT molecular complexity index is 979. The van der Waals surface area contributed by atoms with E-state index < -0.39 is 0 Å². The van der Waals surface area contributed by atoms with Crippen LogP contribution >= 0.6 is 23.4 Å². The van der Waals surface area contributed by atoms with Crippen LogP contribution in [0, 0.1) is 5.92 Å². The number of hydrogen-bond donors (Lipinski definition) is 1. The van der Waals surface area contributed by atoms with Crippen LogP contribution in [0.4, 0.5) is 0 Å². The molecule has 0 aliphatic carbocycles. The van der Waals surface area contributed by atoms with E-state index in [0.29, 0.717) is 36.4 Å². The molecule has 2 aromatic heterocycles. The number of hydrogen-bond acceptors (Lipinski definition) is 7. The minimum absolute atomic E-state index is 0.0147. The smallest absolute Gasteiger partial charge is 0.241 e. The Balaban J connectivity index is 1.21. The first kappa shape index (κ1) is 21.9. The van der Waals surface area contributed by atoms with Gasteiger partial charge in [0.15, 0.2) is 0 Å². The molecule has 3 heterocycles. The van der Waals surface area contributed by atoms with Gasteiger partial charge in [0.1, 0.15) is 5.76 Å². The molecule has 3 aromatic rings. The van der Waals surface area contributed by atoms with Gasteiger partial charge in [0, 0.05) is 29.4 Å². The molecule has 0 bridgehead atoms. The molecule has 1 unspecified atom stereocenters. The standard InChI is InChI=1S/C22H25ClN4O3S/c23-18-6-1-4-16(12-18)21-25-20(30-26-21)14-27-9-2-5-17(13-27)22(28)24-8-11-31-15-19-7-3-10-29-19/h1,3-4,6-7,10,12,17H,2,5,8-9,11,13-15H2,(H,24,28). The highest BCUT2D eigenvalue weighted by atomic mass is 35.5. The fourth-order valence-corrected chi connectivity index (χ4v) is 4.57. The lowest BCUT2D eigenvalue weighted by Crippen LogP contribution is -2.43. The van der Waals surface area contributed by atoms with Gasteiger partial charge in [0.05, 0.1) is 24.5 Å². The Morgan fingerprint density at radius 3 is 3.10 bits per heavy atom. The third-order valence-electron chi connectivity index (χ3n) is 5.16. The van der Waals surface area contributed by atoms with Gasteiger partial charge in [0.2, 0.25) is 17.6 Å². The fraction of sp³-hybridized carbons (Fsp3) is 0.409. The Morgan fingerprint density at radius 1 is 1.32 bits per heavy atom. The van der Waals surface area contributed by atoms with Crippen LogP contribution in [0.15, 0.2) is 51.6 Å². The fourth-order valence-electron chi connectivity index (χ4n) is 3.63. The molecule has 0 radical (unpaired) electrons. The number of thioether (sulfide) groups is 1. The maximum absolute atomic E-state index is 12.6. The monoisotopic (exact) mass is 460 g/mol. The van der Waals surface area contributed by atoms with E-state index in [9.17, 15) is 4.79 Å². The molecule has 0 saturated carbocycles. The molecule has 31 heavy (non-hydrogen) atoms. The highest BCUT2D eigenvalue weighted by molar-refractivity contribution is 7.98. The van der Waals surface area contributed by atoms with Crippen LogP contribution in [0.25, 0.3) is 11.4 Å². The molecule has 1 aliphatic heterocycles. The van der Waals surface area contributed by atoms with Gasteiger partial charge in [-0.15, -0.1) is 0 Å². The zero-order valence-electron chi connectivity index (χ0n) is 17.1. The lowest BCUT2D eigenvalue weighted by Gasteiger charge is -2.30. The van der Waals surface area contributed by atoms with Crippen LogP contribution in [0.1, 0.15) is 24.5 Å². The average molecular weight is 461 g/mol. The average Bonchev–Trinajstić information content (AvgIpc) is 3.46. The van der Waals surface area contributed by atoms with Gasteiger partial charge in [-0.1, -0.05) is 28.9 Å². The van der Waals surface area contributed by atoms with Crippen molar-refractivity contribution < 1.29 is 13.7 Å². The molecule has 4 rings (SSSR count). The summed E-state index contributed by atoms with van der Waals surface area (Å²) in [5.41, 5.74) is 0.823. The SMILES string of the molecule is O=C(NCCSCc1ccco1)C1CCCN(Cc2nc(-c3cccc(Cl)c3)no2)C1. The van der Waals surface area contributed by atoms with E-state index in [2.05, 4.69) is 20.4 Å². The van der Waals surface area contributed by atoms with Crippen molar-refractivity contribution >= 4 is 29.3 Å². The van der Waals surface area contributed by atoms with Crippen LogP contribution in [0.2, 0.25) is 5.02 Å². The van der Waals surface area contributed by atoms with Crippen LogP contribution in [0.5, 0.6) is 0 Å². The summed E-state index contributed by atoms with van der Waals surface area (Å²) in [5.74, 6) is 3.81. The third kappa shape index (κ3) is 6.35. The molecule has 1 atom stereocenters. The number of halogens is 1. The van der Waals surface area contributed by atoms with Crippen molar-refractivity contribution in [1.29, 1.82) is 0 Å². The number of carbonyl (C=O) groups excluding carboxylic acids is 1. The van der Waals surface area contributed by atoms with E-state index in [-0.39, 0.29) is 11.8 Å². The minimum Gasteiger partial charge on any atom is -0.468 e. The molecule has 9 heteroatoms. The summed E-state index contributed by atoms with van der Waals surface area (Å²) in [6.45, 7) is 2.81. The van der Waals surface area contributed by atoms with E-state index in [1.165, 1.54) is 0 Å². The van der Waals surface area contributed by atoms with Gasteiger partial charge < -0.3 is 14.3 Å². The van der Waals surface area contributed by atoms with Crippen molar-refractivity contribution in [3.05, 3.63) is 59.3 Å². The number of furan rings is 1. The molecule has 0 spiro atoms. The Morgan fingerprint density at radius 2 is 2.26 bits per heavy atom. The van der Waals surface area contributed by atoms with Crippen LogP contribution in [0.3, 0.4) is 0 Å². The van der Waals surface area contributed by atoms with Crippen LogP contribution in [-0.2, 0) is 17.1 Å². The van der Waals surface area contributed by atoms with Crippen molar-refractivity contribution in [2.75, 3.05) is 25.4 Å². The van der Waals surface area contributed by atoms with Crippen molar-refractivity contribution in [3.8, 4) is 11.4 Å². The van der Waals surface area contributed by atoms with E-state index in [1.54, 1.807) is 18.0 Å². The van der Waals surface area contributed by atoms with E-state index in [0.717, 1.165) is 42.2 Å². The summed E-state index contributed by atoms with van der Waals surface area (Å²) in [4.78, 5) is 19.3. The molecule has 1 aliphatic rings. The quantitative estimate of drug-likeness (QED) is 0.478. The molecule has 1 N–H and O–H groups in total. The number of rotatable bonds is 9. The number of nitrogens with one attached hydrogen (secondary N) is 1. The number of nitrogens with zero attached hydrogens (tertiary/aromatic N) is 3. The largest absolute Gasteiger partial charge is 0.468 e. The molecule has 1 aromatic carbocycles. The Hall–Kier alpha value is -2.29. The van der Waals surface area contributed by atoms with Gasteiger partial charge in [-0.05, 0) is 43.7 Å². The Kier molecular flexibility index (Phi) is 7.66. The second-order valence-corrected chi connectivity index (χ2v) is 9.06. The van der Waals surface area contributed by atoms with Gasteiger partial charge in [0.25, 0.3) is 0 Å². The number of benzene rings is 1. The lowest BCUT2D eigenvalue weighted by molar-refractivity contribution is -0.126. The summed E-state index contributed by atoms with van der Waals surface area (Å²) in [6.07, 6.45) is 3.55. The highest BCUT2D eigenvalue weighted by Crippen LogP contribution is 2.22. The van der Waals surface area contributed by atoms with Crippen molar-refractivity contribution in [2.24, 2.45) is 5.92 Å². The third-order valence-corrected chi connectivity index (χ3v) is 6.37. The highest BCUT2D eigenvalue weighted by Gasteiger charge is 2.26. The summed E-state index contributed by atoms with van der Waals surface area (Å²) in [7, 11) is 0. The van der Waals surface area contributed by atoms with Crippen LogP contribution in [-0.4, -0.2) is 46.3 Å². The van der Waals surface area contributed by atoms with Gasteiger partial charge >= 0.3 is 0 Å². The summed E-state index contributed by atoms with van der Waals surface area (Å²) in [6, 6.07) is 11.2. The molecular weight excluding hydrogens is 436 g/mol. The predicted octanol–water partition coefficient (Wildman–Crippen LogP) is 4.24. The molecule has 164 valence electrons. The van der Waals surface area contributed by atoms with E-state index in [4.69, 9.17) is 20.5 Å². The van der Waals surface area contributed by atoms with Crippen LogP contribution < -0.4 is 5.32 Å². The molecule has 1 saturated heterocycles. The van der Waals surface area contributed by atoms with Crippen molar-refractivity contribution in [3.63, 3.8) is 0 Å². The normalized spacial score (nSPS) is 17.0. The molecular formula is C22H25ClN4O3S. The lowest BCUT2D eigenvalue weighted by atomic mass is 9.97. The minimum atomic E-state index is -0.0147. The predicted molar refractivity (Wildman–Crippen MR) is 121 cm³/mol. The molecule has 7 nitrogen and oxygen atoms in total. The molecule has 1 fully saturated rings. The van der Waals surface area contributed by atoms with E-state index >= 15 is 0 Å². The van der Waals surface area contributed by atoms with E-state index in [1.807, 2.05) is 36.4 Å². The maximum atomic E-state index is 12.6. The number of amides is 1. The first-order valence-electron chi connectivity index (χ1n) is 10.4. The van der Waals surface area contributed by atoms with Gasteiger partial charge in [-0.25, -0.2) is 0 Å². The Labute approximate surface area is 190 Å². The van der Waals surface area contributed by atoms with Gasteiger partial charge in [-0.3, -0.25) is 9.69 Å². The number of aromatic nitrogens is 2. The zero-order chi connectivity index (χ0) is 21.5. The number of piperidine rings is 1. The summed E-state index contributed by atoms with van der Waals surface area (Å²) < 4.78 is 10.7. The first-order valence-corrected chi connectivity index (χ1v) is 11.9. The maximum Gasteiger partial charge on any atom is 0.241 e. The molecule has 1 amide bonds. The zero-order valence-corrected chi connectivity index (χ0v) is 18.7. The second kappa shape index (κ2) is 10.8. The second-order valence-electron chi connectivity index (χ2n) is 7.52. The number of carbonyl (C=O) groups is 1. The summed E-state index contributed by atoms with van der Waals surface area (Å²) >= 11 is 7.79. The van der Waals surface area contributed by atoms with Crippen molar-refractivity contribution in [1.82, 2.24) is 20.4 Å². The van der Waals surface area contributed by atoms with Gasteiger partial charge in [-0.2, -0.15) is 16.7 Å².